The molecule has 0 unspecified atom stereocenters. The average Bonchev–Trinajstić information content (AvgIpc) is 1.50. The zero-order valence-corrected chi connectivity index (χ0v) is 46.4. The van der Waals surface area contributed by atoms with Gasteiger partial charge < -0.3 is 18.3 Å². The molecule has 0 aliphatic rings. The summed E-state index contributed by atoms with van der Waals surface area (Å²) >= 11 is 0. The van der Waals surface area contributed by atoms with Gasteiger partial charge in [0.05, 0.1) is 55.5 Å². The Morgan fingerprint density at radius 1 is 0.267 bits per heavy atom. The number of rotatable bonds is 9. The average molecular weight is 1110 g/mol. The van der Waals surface area contributed by atoms with E-state index in [1.165, 1.54) is 0 Å². The van der Waals surface area contributed by atoms with Crippen LogP contribution in [-0.2, 0) is 0 Å². The molecule has 0 aliphatic carbocycles. The Hall–Kier alpha value is -11.6. The van der Waals surface area contributed by atoms with Gasteiger partial charge in [-0.15, -0.1) is 0 Å². The number of para-hydroxylation sites is 4. The molecule has 13 heteroatoms. The van der Waals surface area contributed by atoms with Gasteiger partial charge in [0.15, 0.2) is 29.1 Å². The molecular formula is C73H47FN12. The summed E-state index contributed by atoms with van der Waals surface area (Å²) in [5, 5.41) is 7.69. The molecule has 0 N–H and O–H groups in total. The number of benzene rings is 9. The van der Waals surface area contributed by atoms with Crippen LogP contribution in [0.25, 0.3) is 156 Å². The van der Waals surface area contributed by atoms with E-state index >= 15 is 4.39 Å². The van der Waals surface area contributed by atoms with Crippen molar-refractivity contribution in [3.05, 3.63) is 255 Å². The normalized spacial score (nSPS) is 12.0. The van der Waals surface area contributed by atoms with Crippen LogP contribution < -0.4 is 0 Å². The fraction of sp³-hybridized carbons (Fsp3) is 0.0411. The van der Waals surface area contributed by atoms with Crippen LogP contribution in [0, 0.1) is 5.82 Å². The van der Waals surface area contributed by atoms with E-state index in [1.807, 2.05) is 48.5 Å². The van der Waals surface area contributed by atoms with E-state index in [1.54, 1.807) is 49.6 Å². The minimum Gasteiger partial charge on any atom is -0.307 e. The van der Waals surface area contributed by atoms with Crippen molar-refractivity contribution < 1.29 is 4.39 Å². The zero-order chi connectivity index (χ0) is 57.1. The summed E-state index contributed by atoms with van der Waals surface area (Å²) in [6.07, 6.45) is 14.1. The molecule has 0 radical (unpaired) electrons. The molecule has 17 rings (SSSR count). The zero-order valence-electron chi connectivity index (χ0n) is 46.4. The Kier molecular flexibility index (Phi) is 11.0. The minimum absolute atomic E-state index is 0.276. The summed E-state index contributed by atoms with van der Waals surface area (Å²) in [6, 6.07) is 66.2. The fourth-order valence-electron chi connectivity index (χ4n) is 13.3. The molecule has 0 amide bonds. The first-order valence-corrected chi connectivity index (χ1v) is 28.6. The van der Waals surface area contributed by atoms with Gasteiger partial charge in [0.25, 0.3) is 0 Å². The molecular weight excluding hydrogens is 1060 g/mol. The van der Waals surface area contributed by atoms with Crippen LogP contribution in [0.4, 0.5) is 4.39 Å². The molecule has 0 saturated carbocycles. The van der Waals surface area contributed by atoms with E-state index < -0.39 is 5.82 Å². The van der Waals surface area contributed by atoms with E-state index in [-0.39, 0.29) is 5.92 Å². The number of hydrogen-bond acceptors (Lipinski definition) is 8. The second-order valence-corrected chi connectivity index (χ2v) is 21.9. The van der Waals surface area contributed by atoms with Gasteiger partial charge in [-0.25, -0.2) is 44.3 Å². The van der Waals surface area contributed by atoms with Gasteiger partial charge in [0, 0.05) is 120 Å². The number of nitrogens with zero attached hydrogens (tertiary/aromatic N) is 12. The van der Waals surface area contributed by atoms with Crippen LogP contribution >= 0.6 is 0 Å². The maximum atomic E-state index is 21.3. The van der Waals surface area contributed by atoms with Crippen molar-refractivity contribution in [2.24, 2.45) is 0 Å². The molecule has 0 spiro atoms. The van der Waals surface area contributed by atoms with Gasteiger partial charge in [-0.05, 0) is 127 Å². The van der Waals surface area contributed by atoms with Gasteiger partial charge in [-0.3, -0.25) is 0 Å². The molecule has 406 valence electrons. The van der Waals surface area contributed by atoms with Gasteiger partial charge in [0.2, 0.25) is 0 Å². The Bertz CT molecular complexity index is 4940. The summed E-state index contributed by atoms with van der Waals surface area (Å²) < 4.78 is 30.2. The van der Waals surface area contributed by atoms with E-state index in [2.05, 4.69) is 178 Å². The highest BCUT2D eigenvalue weighted by atomic mass is 19.1. The lowest BCUT2D eigenvalue weighted by atomic mass is 9.94. The highest BCUT2D eigenvalue weighted by Gasteiger charge is 2.36. The molecule has 17 aromatic rings. The van der Waals surface area contributed by atoms with Crippen molar-refractivity contribution in [2.75, 3.05) is 0 Å². The van der Waals surface area contributed by atoms with Gasteiger partial charge in [-0.1, -0.05) is 86.6 Å². The molecule has 8 aromatic heterocycles. The predicted molar refractivity (Wildman–Crippen MR) is 342 cm³/mol. The van der Waals surface area contributed by atoms with E-state index in [0.29, 0.717) is 46.0 Å². The minimum atomic E-state index is -0.422. The first-order valence-electron chi connectivity index (χ1n) is 28.6. The summed E-state index contributed by atoms with van der Waals surface area (Å²) in [4.78, 5) is 37.8. The van der Waals surface area contributed by atoms with Crippen molar-refractivity contribution in [3.8, 4) is 68.3 Å². The largest absolute Gasteiger partial charge is 0.307 e. The van der Waals surface area contributed by atoms with Gasteiger partial charge >= 0.3 is 0 Å². The third-order valence-corrected chi connectivity index (χ3v) is 16.8. The number of halogens is 1. The standard InChI is InChI=1S/C73H47FN12/c1-43(2)64-66(83-60-27-23-44(70-75-31-11-32-76-70)39-52(60)53-40-45(24-28-61(53)83)71-77-33-12-34-78-71)68(85-56-19-7-3-15-48(56)49-16-4-8-20-57(49)85)65(74)69(86-58-21-9-5-17-50(58)51-18-6-10-22-59(51)86)67(64)84-62-29-25-46(72-79-35-13-36-80-72)41-54(62)55-42-47(26-30-63(55)84)73-81-37-14-38-82-73/h3-43H,1-2H3. The predicted octanol–water partition coefficient (Wildman–Crippen LogP) is 17.2. The maximum absolute atomic E-state index is 21.3. The molecule has 0 atom stereocenters. The lowest BCUT2D eigenvalue weighted by molar-refractivity contribution is 0.609. The smallest absolute Gasteiger partial charge is 0.175 e. The molecule has 12 nitrogen and oxygen atoms in total. The Labute approximate surface area is 490 Å². The van der Waals surface area contributed by atoms with Crippen molar-refractivity contribution in [1.29, 1.82) is 0 Å². The first-order chi connectivity index (χ1) is 42.5. The Balaban J connectivity index is 1.12. The molecule has 0 bridgehead atoms. The van der Waals surface area contributed by atoms with Crippen molar-refractivity contribution in [2.45, 2.75) is 19.8 Å². The number of fused-ring (bicyclic) bond motifs is 12. The second-order valence-electron chi connectivity index (χ2n) is 21.9. The molecule has 0 fully saturated rings. The molecule has 8 heterocycles. The van der Waals surface area contributed by atoms with E-state index in [9.17, 15) is 0 Å². The lowest BCUT2D eigenvalue weighted by Gasteiger charge is -2.30. The Morgan fingerprint density at radius 2 is 0.500 bits per heavy atom. The van der Waals surface area contributed by atoms with Crippen LogP contribution in [0.3, 0.4) is 0 Å². The third-order valence-electron chi connectivity index (χ3n) is 16.8. The van der Waals surface area contributed by atoms with Crippen LogP contribution in [-0.4, -0.2) is 58.1 Å². The van der Waals surface area contributed by atoms with Crippen molar-refractivity contribution in [3.63, 3.8) is 0 Å². The van der Waals surface area contributed by atoms with Gasteiger partial charge in [0.1, 0.15) is 11.4 Å². The fourth-order valence-corrected chi connectivity index (χ4v) is 13.3. The highest BCUT2D eigenvalue weighted by molar-refractivity contribution is 6.16. The molecule has 0 aliphatic heterocycles. The van der Waals surface area contributed by atoms with Crippen LogP contribution in [0.1, 0.15) is 25.3 Å². The maximum Gasteiger partial charge on any atom is 0.175 e. The summed E-state index contributed by atoms with van der Waals surface area (Å²) in [5.41, 5.74) is 13.2. The highest BCUT2D eigenvalue weighted by Crippen LogP contribution is 2.51. The topological polar surface area (TPSA) is 123 Å². The Morgan fingerprint density at radius 3 is 0.756 bits per heavy atom. The van der Waals surface area contributed by atoms with Crippen molar-refractivity contribution in [1.82, 2.24) is 58.1 Å². The third kappa shape index (κ3) is 7.34. The summed E-state index contributed by atoms with van der Waals surface area (Å²) in [6.45, 7) is 4.47. The quantitative estimate of drug-likeness (QED) is 0.140. The second kappa shape index (κ2) is 19.3. The number of hydrogen-bond donors (Lipinski definition) is 0. The van der Waals surface area contributed by atoms with E-state index in [4.69, 9.17) is 39.9 Å². The monoisotopic (exact) mass is 1110 g/mol. The van der Waals surface area contributed by atoms with Crippen molar-refractivity contribution >= 4 is 87.2 Å². The van der Waals surface area contributed by atoms with Crippen LogP contribution in [0.2, 0.25) is 0 Å². The molecule has 9 aromatic carbocycles. The van der Waals surface area contributed by atoms with Gasteiger partial charge in [-0.2, -0.15) is 0 Å². The molecule has 0 saturated heterocycles. The number of aromatic nitrogens is 12. The summed E-state index contributed by atoms with van der Waals surface area (Å²) in [7, 11) is 0. The summed E-state index contributed by atoms with van der Waals surface area (Å²) in [5.74, 6) is 1.66. The van der Waals surface area contributed by atoms with Crippen LogP contribution in [0.5, 0.6) is 0 Å². The van der Waals surface area contributed by atoms with Crippen LogP contribution in [0.15, 0.2) is 244 Å². The van der Waals surface area contributed by atoms with E-state index in [0.717, 1.165) is 115 Å². The molecule has 86 heavy (non-hydrogen) atoms. The SMILES string of the molecule is CC(C)c1c(-n2c3ccc(-c4ncccn4)cc3c3cc(-c4ncccn4)ccc32)c(-n2c3ccccc3c3ccccc32)c(F)c(-n2c3ccccc3c3ccccc32)c1-n1c2ccc(-c3ncccn3)cc2c2cc(-c3ncccn3)ccc21. The lowest BCUT2D eigenvalue weighted by Crippen LogP contribution is -2.18. The first kappa shape index (κ1) is 49.1.